The second-order valence-corrected chi connectivity index (χ2v) is 6.76. The number of benzene rings is 1. The molecule has 2 heterocycles. The highest BCUT2D eigenvalue weighted by Crippen LogP contribution is 2.37. The molecule has 1 aliphatic rings. The zero-order valence-corrected chi connectivity index (χ0v) is 14.4. The van der Waals surface area contributed by atoms with Gasteiger partial charge in [-0.25, -0.2) is 4.98 Å². The van der Waals surface area contributed by atoms with Crippen LogP contribution in [0.3, 0.4) is 0 Å². The summed E-state index contributed by atoms with van der Waals surface area (Å²) < 4.78 is 2.08. The van der Waals surface area contributed by atoms with Gasteiger partial charge in [-0.15, -0.1) is 0 Å². The van der Waals surface area contributed by atoms with Crippen molar-refractivity contribution < 1.29 is 4.79 Å². The quantitative estimate of drug-likeness (QED) is 0.748. The lowest BCUT2D eigenvalue weighted by atomic mass is 10.1. The molecule has 5 nitrogen and oxygen atoms in total. The number of aromatic nitrogens is 3. The highest BCUT2D eigenvalue weighted by Gasteiger charge is 2.33. The van der Waals surface area contributed by atoms with Crippen LogP contribution in [0.1, 0.15) is 25.5 Å². The Kier molecular flexibility index (Phi) is 4.22. The Labute approximate surface area is 147 Å². The molecule has 1 atom stereocenters. The molecule has 1 fully saturated rings. The summed E-state index contributed by atoms with van der Waals surface area (Å²) >= 11 is 0. The molecule has 5 heteroatoms. The van der Waals surface area contributed by atoms with E-state index in [-0.39, 0.29) is 11.8 Å². The van der Waals surface area contributed by atoms with Gasteiger partial charge in [0.15, 0.2) is 0 Å². The van der Waals surface area contributed by atoms with Gasteiger partial charge in [-0.3, -0.25) is 15.1 Å². The van der Waals surface area contributed by atoms with Crippen molar-refractivity contribution >= 4 is 22.9 Å². The highest BCUT2D eigenvalue weighted by atomic mass is 16.2. The van der Waals surface area contributed by atoms with Crippen LogP contribution >= 0.6 is 0 Å². The van der Waals surface area contributed by atoms with Gasteiger partial charge in [0, 0.05) is 30.8 Å². The van der Waals surface area contributed by atoms with Gasteiger partial charge in [-0.2, -0.15) is 0 Å². The molecule has 1 N–H and O–H groups in total. The van der Waals surface area contributed by atoms with E-state index in [2.05, 4.69) is 19.9 Å². The first-order chi connectivity index (χ1) is 12.2. The van der Waals surface area contributed by atoms with Crippen molar-refractivity contribution in [2.24, 2.45) is 11.8 Å². The molecule has 4 rings (SSSR count). The summed E-state index contributed by atoms with van der Waals surface area (Å²) in [7, 11) is 0. The van der Waals surface area contributed by atoms with Crippen LogP contribution in [0.25, 0.3) is 11.0 Å². The van der Waals surface area contributed by atoms with E-state index in [9.17, 15) is 4.79 Å². The van der Waals surface area contributed by atoms with Crippen molar-refractivity contribution in [3.8, 4) is 0 Å². The molecule has 25 heavy (non-hydrogen) atoms. The number of para-hydroxylation sites is 2. The number of aryl methyl sites for hydroxylation is 2. The summed E-state index contributed by atoms with van der Waals surface area (Å²) in [4.78, 5) is 21.5. The van der Waals surface area contributed by atoms with Crippen LogP contribution in [0.2, 0.25) is 0 Å². The van der Waals surface area contributed by atoms with Crippen molar-refractivity contribution in [2.45, 2.75) is 32.7 Å². The fourth-order valence-electron chi connectivity index (χ4n) is 3.20. The zero-order chi connectivity index (χ0) is 17.2. The zero-order valence-electron chi connectivity index (χ0n) is 14.4. The number of fused-ring (bicyclic) bond motifs is 1. The smallest absolute Gasteiger partial charge is 0.229 e. The third-order valence-electron chi connectivity index (χ3n) is 4.95. The number of pyridine rings is 1. The molecule has 1 saturated carbocycles. The second kappa shape index (κ2) is 6.67. The number of hydrogen-bond acceptors (Lipinski definition) is 3. The van der Waals surface area contributed by atoms with Crippen LogP contribution in [0, 0.1) is 11.8 Å². The fraction of sp³-hybridized carbons (Fsp3) is 0.350. The molecule has 1 aliphatic carbocycles. The molecule has 0 radical (unpaired) electrons. The van der Waals surface area contributed by atoms with Crippen LogP contribution in [0.4, 0.5) is 5.95 Å². The average Bonchev–Trinajstić information content (AvgIpc) is 3.43. The second-order valence-electron chi connectivity index (χ2n) is 6.76. The maximum absolute atomic E-state index is 12.5. The van der Waals surface area contributed by atoms with Gasteiger partial charge in [-0.05, 0) is 43.0 Å². The Hall–Kier alpha value is -2.69. The lowest BCUT2D eigenvalue weighted by molar-refractivity contribution is -0.120. The van der Waals surface area contributed by atoms with Gasteiger partial charge < -0.3 is 4.57 Å². The number of amides is 1. The summed E-state index contributed by atoms with van der Waals surface area (Å²) in [5, 5.41) is 3.05. The van der Waals surface area contributed by atoms with E-state index in [1.54, 1.807) is 6.20 Å². The molecule has 1 unspecified atom stereocenters. The molecular formula is C20H22N4O. The van der Waals surface area contributed by atoms with Crippen LogP contribution in [0.15, 0.2) is 48.7 Å². The number of carbonyl (C=O) groups is 1. The third kappa shape index (κ3) is 3.40. The van der Waals surface area contributed by atoms with Crippen molar-refractivity contribution in [1.29, 1.82) is 0 Å². The summed E-state index contributed by atoms with van der Waals surface area (Å²) in [5.41, 5.74) is 2.97. The van der Waals surface area contributed by atoms with Gasteiger partial charge in [0.2, 0.25) is 11.9 Å². The first kappa shape index (κ1) is 15.8. The molecule has 128 valence electrons. The molecule has 1 aromatic carbocycles. The van der Waals surface area contributed by atoms with Crippen LogP contribution in [0.5, 0.6) is 0 Å². The number of nitrogens with one attached hydrogen (secondary N) is 1. The molecule has 0 aliphatic heterocycles. The SMILES string of the molecule is CC(C(=O)Nc1nc2ccccc2n1CCc1ccccn1)C1CC1. The minimum atomic E-state index is 0.0454. The van der Waals surface area contributed by atoms with Crippen molar-refractivity contribution in [2.75, 3.05) is 5.32 Å². The van der Waals surface area contributed by atoms with E-state index in [0.717, 1.165) is 42.5 Å². The predicted octanol–water partition coefficient (Wildman–Crippen LogP) is 3.66. The summed E-state index contributed by atoms with van der Waals surface area (Å²) in [6, 6.07) is 13.9. The Balaban J connectivity index is 1.60. The molecule has 1 amide bonds. The van der Waals surface area contributed by atoms with Gasteiger partial charge >= 0.3 is 0 Å². The first-order valence-electron chi connectivity index (χ1n) is 8.88. The highest BCUT2D eigenvalue weighted by molar-refractivity contribution is 5.93. The molecule has 0 bridgehead atoms. The normalized spacial score (nSPS) is 15.2. The van der Waals surface area contributed by atoms with Crippen LogP contribution < -0.4 is 5.32 Å². The summed E-state index contributed by atoms with van der Waals surface area (Å²) in [5.74, 6) is 1.28. The third-order valence-corrected chi connectivity index (χ3v) is 4.95. The Morgan fingerprint density at radius 1 is 1.24 bits per heavy atom. The summed E-state index contributed by atoms with van der Waals surface area (Å²) in [6.07, 6.45) is 4.92. The maximum atomic E-state index is 12.5. The predicted molar refractivity (Wildman–Crippen MR) is 98.2 cm³/mol. The minimum Gasteiger partial charge on any atom is -0.310 e. The van der Waals surface area contributed by atoms with E-state index in [0.29, 0.717) is 11.9 Å². The van der Waals surface area contributed by atoms with E-state index in [1.807, 2.05) is 49.4 Å². The number of nitrogens with zero attached hydrogens (tertiary/aromatic N) is 3. The van der Waals surface area contributed by atoms with E-state index < -0.39 is 0 Å². The average molecular weight is 334 g/mol. The Morgan fingerprint density at radius 3 is 2.80 bits per heavy atom. The van der Waals surface area contributed by atoms with Gasteiger partial charge in [0.25, 0.3) is 0 Å². The molecule has 3 aromatic rings. The number of imidazole rings is 1. The number of carbonyl (C=O) groups excluding carboxylic acids is 1. The number of anilines is 1. The van der Waals surface area contributed by atoms with Crippen molar-refractivity contribution in [1.82, 2.24) is 14.5 Å². The monoisotopic (exact) mass is 334 g/mol. The Bertz CT molecular complexity index is 883. The first-order valence-corrected chi connectivity index (χ1v) is 8.88. The number of hydrogen-bond donors (Lipinski definition) is 1. The van der Waals surface area contributed by atoms with E-state index in [4.69, 9.17) is 0 Å². The van der Waals surface area contributed by atoms with E-state index >= 15 is 0 Å². The minimum absolute atomic E-state index is 0.0454. The van der Waals surface area contributed by atoms with Gasteiger partial charge in [0.05, 0.1) is 11.0 Å². The van der Waals surface area contributed by atoms with Crippen LogP contribution in [-0.4, -0.2) is 20.4 Å². The molecular weight excluding hydrogens is 312 g/mol. The largest absolute Gasteiger partial charge is 0.310 e. The lowest BCUT2D eigenvalue weighted by Gasteiger charge is -2.13. The van der Waals surface area contributed by atoms with E-state index in [1.165, 1.54) is 0 Å². The van der Waals surface area contributed by atoms with Crippen molar-refractivity contribution in [3.05, 3.63) is 54.4 Å². The van der Waals surface area contributed by atoms with Gasteiger partial charge in [-0.1, -0.05) is 25.1 Å². The van der Waals surface area contributed by atoms with Gasteiger partial charge in [0.1, 0.15) is 0 Å². The van der Waals surface area contributed by atoms with Crippen LogP contribution in [-0.2, 0) is 17.8 Å². The lowest BCUT2D eigenvalue weighted by Crippen LogP contribution is -2.24. The number of rotatable bonds is 6. The van der Waals surface area contributed by atoms with Crippen molar-refractivity contribution in [3.63, 3.8) is 0 Å². The topological polar surface area (TPSA) is 59.8 Å². The summed E-state index contributed by atoms with van der Waals surface area (Å²) in [6.45, 7) is 2.73. The molecule has 2 aromatic heterocycles. The maximum Gasteiger partial charge on any atom is 0.229 e. The standard InChI is InChI=1S/C20H22N4O/c1-14(15-9-10-15)19(25)23-20-22-17-7-2-3-8-18(17)24(20)13-11-16-6-4-5-12-21-16/h2-8,12,14-15H,9-11,13H2,1H3,(H,22,23,25). The Morgan fingerprint density at radius 2 is 2.04 bits per heavy atom. The fourth-order valence-corrected chi connectivity index (χ4v) is 3.20. The molecule has 0 saturated heterocycles. The molecule has 0 spiro atoms.